The molecule has 100 valence electrons. The molecule has 1 atom stereocenters. The molecule has 0 heterocycles. The maximum atomic E-state index is 13.1. The Kier molecular flexibility index (Phi) is 4.40. The SMILES string of the molecule is Cc1ccc(Cl)cc1NCC(O)c1cccc(F)c1. The van der Waals surface area contributed by atoms with Crippen LogP contribution < -0.4 is 5.32 Å². The highest BCUT2D eigenvalue weighted by molar-refractivity contribution is 6.30. The van der Waals surface area contributed by atoms with Crippen molar-refractivity contribution in [3.8, 4) is 0 Å². The van der Waals surface area contributed by atoms with Crippen molar-refractivity contribution in [3.63, 3.8) is 0 Å². The Morgan fingerprint density at radius 2 is 2.05 bits per heavy atom. The molecule has 0 radical (unpaired) electrons. The van der Waals surface area contributed by atoms with Crippen LogP contribution in [-0.4, -0.2) is 11.7 Å². The summed E-state index contributed by atoms with van der Waals surface area (Å²) in [6, 6.07) is 11.5. The summed E-state index contributed by atoms with van der Waals surface area (Å²) < 4.78 is 13.1. The second-order valence-electron chi connectivity index (χ2n) is 4.41. The molecular formula is C15H15ClFNO. The maximum absolute atomic E-state index is 13.1. The van der Waals surface area contributed by atoms with Crippen molar-refractivity contribution in [3.05, 3.63) is 64.4 Å². The Hall–Kier alpha value is -1.58. The van der Waals surface area contributed by atoms with Crippen LogP contribution in [0, 0.1) is 12.7 Å². The highest BCUT2D eigenvalue weighted by atomic mass is 35.5. The van der Waals surface area contributed by atoms with Crippen molar-refractivity contribution < 1.29 is 9.50 Å². The van der Waals surface area contributed by atoms with Crippen LogP contribution in [0.2, 0.25) is 5.02 Å². The molecule has 2 rings (SSSR count). The van der Waals surface area contributed by atoms with E-state index in [1.165, 1.54) is 12.1 Å². The first kappa shape index (κ1) is 13.8. The Labute approximate surface area is 116 Å². The van der Waals surface area contributed by atoms with Gasteiger partial charge < -0.3 is 10.4 Å². The van der Waals surface area contributed by atoms with Gasteiger partial charge >= 0.3 is 0 Å². The summed E-state index contributed by atoms with van der Waals surface area (Å²) in [5.41, 5.74) is 2.45. The van der Waals surface area contributed by atoms with Gasteiger partial charge in [-0.05, 0) is 42.3 Å². The standard InChI is InChI=1S/C15H15ClFNO/c1-10-5-6-12(16)8-14(10)18-9-15(19)11-3-2-4-13(17)7-11/h2-8,15,18-19H,9H2,1H3. The number of aliphatic hydroxyl groups excluding tert-OH is 1. The quantitative estimate of drug-likeness (QED) is 0.889. The molecule has 2 N–H and O–H groups in total. The maximum Gasteiger partial charge on any atom is 0.123 e. The fourth-order valence-corrected chi connectivity index (χ4v) is 2.00. The smallest absolute Gasteiger partial charge is 0.123 e. The molecule has 2 nitrogen and oxygen atoms in total. The van der Waals surface area contributed by atoms with Gasteiger partial charge in [-0.15, -0.1) is 0 Å². The largest absolute Gasteiger partial charge is 0.387 e. The van der Waals surface area contributed by atoms with E-state index < -0.39 is 6.10 Å². The van der Waals surface area contributed by atoms with Crippen LogP contribution in [0.1, 0.15) is 17.2 Å². The van der Waals surface area contributed by atoms with Gasteiger partial charge in [0, 0.05) is 17.3 Å². The number of hydrogen-bond acceptors (Lipinski definition) is 2. The second-order valence-corrected chi connectivity index (χ2v) is 4.85. The van der Waals surface area contributed by atoms with Gasteiger partial charge in [0.1, 0.15) is 5.82 Å². The van der Waals surface area contributed by atoms with E-state index in [4.69, 9.17) is 11.6 Å². The fraction of sp³-hybridized carbons (Fsp3) is 0.200. The first-order valence-corrected chi connectivity index (χ1v) is 6.37. The Bertz CT molecular complexity index is 574. The van der Waals surface area contributed by atoms with Gasteiger partial charge in [0.2, 0.25) is 0 Å². The van der Waals surface area contributed by atoms with Crippen molar-refractivity contribution in [2.45, 2.75) is 13.0 Å². The van der Waals surface area contributed by atoms with Gasteiger partial charge in [0.25, 0.3) is 0 Å². The third-order valence-electron chi connectivity index (χ3n) is 2.92. The normalized spacial score (nSPS) is 12.2. The lowest BCUT2D eigenvalue weighted by Gasteiger charge is -2.15. The molecular weight excluding hydrogens is 265 g/mol. The lowest BCUT2D eigenvalue weighted by molar-refractivity contribution is 0.191. The van der Waals surface area contributed by atoms with Crippen LogP contribution in [0.3, 0.4) is 0 Å². The van der Waals surface area contributed by atoms with Crippen LogP contribution in [0.25, 0.3) is 0 Å². The lowest BCUT2D eigenvalue weighted by Crippen LogP contribution is -2.13. The number of rotatable bonds is 4. The zero-order chi connectivity index (χ0) is 13.8. The van der Waals surface area contributed by atoms with Gasteiger partial charge in [-0.1, -0.05) is 29.8 Å². The van der Waals surface area contributed by atoms with Gasteiger partial charge in [-0.2, -0.15) is 0 Å². The molecule has 0 bridgehead atoms. The summed E-state index contributed by atoms with van der Waals surface area (Å²) >= 11 is 5.92. The third-order valence-corrected chi connectivity index (χ3v) is 3.15. The summed E-state index contributed by atoms with van der Waals surface area (Å²) in [5.74, 6) is -0.351. The highest BCUT2D eigenvalue weighted by Gasteiger charge is 2.09. The molecule has 1 unspecified atom stereocenters. The molecule has 0 fully saturated rings. The number of anilines is 1. The van der Waals surface area contributed by atoms with Gasteiger partial charge in [-0.3, -0.25) is 0 Å². The molecule has 2 aromatic rings. The molecule has 0 aliphatic heterocycles. The Morgan fingerprint density at radius 3 is 2.79 bits per heavy atom. The minimum Gasteiger partial charge on any atom is -0.387 e. The second kappa shape index (κ2) is 6.04. The molecule has 0 saturated carbocycles. The molecule has 0 aromatic heterocycles. The topological polar surface area (TPSA) is 32.3 Å². The first-order valence-electron chi connectivity index (χ1n) is 6.00. The van der Waals surface area contributed by atoms with Gasteiger partial charge in [0.15, 0.2) is 0 Å². The summed E-state index contributed by atoms with van der Waals surface area (Å²) in [4.78, 5) is 0. The number of aryl methyl sites for hydroxylation is 1. The predicted octanol–water partition coefficient (Wildman–Crippen LogP) is 3.93. The zero-order valence-corrected chi connectivity index (χ0v) is 11.3. The van der Waals surface area contributed by atoms with E-state index in [1.807, 2.05) is 19.1 Å². The summed E-state index contributed by atoms with van der Waals surface area (Å²) in [6.45, 7) is 2.25. The van der Waals surface area contributed by atoms with Crippen molar-refractivity contribution in [1.29, 1.82) is 0 Å². The van der Waals surface area contributed by atoms with E-state index in [2.05, 4.69) is 5.32 Å². The fourth-order valence-electron chi connectivity index (χ4n) is 1.82. The molecule has 0 aliphatic carbocycles. The monoisotopic (exact) mass is 279 g/mol. The lowest BCUT2D eigenvalue weighted by atomic mass is 10.1. The Balaban J connectivity index is 2.04. The van der Waals surface area contributed by atoms with Crippen LogP contribution >= 0.6 is 11.6 Å². The molecule has 0 aliphatic rings. The molecule has 19 heavy (non-hydrogen) atoms. The van der Waals surface area contributed by atoms with Crippen molar-refractivity contribution in [1.82, 2.24) is 0 Å². The van der Waals surface area contributed by atoms with Crippen molar-refractivity contribution in [2.24, 2.45) is 0 Å². The summed E-state index contributed by atoms with van der Waals surface area (Å²) in [7, 11) is 0. The summed E-state index contributed by atoms with van der Waals surface area (Å²) in [6.07, 6.45) is -0.769. The number of benzene rings is 2. The van der Waals surface area contributed by atoms with Crippen LogP contribution in [0.5, 0.6) is 0 Å². The van der Waals surface area contributed by atoms with E-state index in [-0.39, 0.29) is 5.82 Å². The number of halogens is 2. The minimum absolute atomic E-state index is 0.296. The molecule has 0 spiro atoms. The zero-order valence-electron chi connectivity index (χ0n) is 10.5. The van der Waals surface area contributed by atoms with E-state index >= 15 is 0 Å². The predicted molar refractivity (Wildman–Crippen MR) is 76.0 cm³/mol. The van der Waals surface area contributed by atoms with Crippen LogP contribution in [0.4, 0.5) is 10.1 Å². The number of hydrogen-bond donors (Lipinski definition) is 2. The Morgan fingerprint density at radius 1 is 1.26 bits per heavy atom. The molecule has 4 heteroatoms. The van der Waals surface area contributed by atoms with E-state index in [1.54, 1.807) is 18.2 Å². The molecule has 0 saturated heterocycles. The van der Waals surface area contributed by atoms with E-state index in [9.17, 15) is 9.50 Å². The first-order chi connectivity index (χ1) is 9.06. The summed E-state index contributed by atoms with van der Waals surface area (Å²) in [5, 5.41) is 13.8. The average Bonchev–Trinajstić information content (AvgIpc) is 2.39. The third kappa shape index (κ3) is 3.69. The number of aliphatic hydroxyl groups is 1. The average molecular weight is 280 g/mol. The van der Waals surface area contributed by atoms with Gasteiger partial charge in [-0.25, -0.2) is 4.39 Å². The number of nitrogens with one attached hydrogen (secondary N) is 1. The van der Waals surface area contributed by atoms with Crippen molar-refractivity contribution in [2.75, 3.05) is 11.9 Å². The van der Waals surface area contributed by atoms with Crippen LogP contribution in [0.15, 0.2) is 42.5 Å². The molecule has 0 amide bonds. The minimum atomic E-state index is -0.769. The highest BCUT2D eigenvalue weighted by Crippen LogP contribution is 2.21. The van der Waals surface area contributed by atoms with E-state index in [0.717, 1.165) is 11.3 Å². The molecule has 2 aromatic carbocycles. The van der Waals surface area contributed by atoms with Crippen LogP contribution in [-0.2, 0) is 0 Å². The van der Waals surface area contributed by atoms with E-state index in [0.29, 0.717) is 17.1 Å². The van der Waals surface area contributed by atoms with Gasteiger partial charge in [0.05, 0.1) is 6.10 Å². The van der Waals surface area contributed by atoms with Crippen molar-refractivity contribution >= 4 is 17.3 Å².